The van der Waals surface area contributed by atoms with Gasteiger partial charge in [0.25, 0.3) is 0 Å². The van der Waals surface area contributed by atoms with Crippen LogP contribution in [0.4, 0.5) is 5.69 Å². The Bertz CT molecular complexity index is 510. The van der Waals surface area contributed by atoms with Gasteiger partial charge in [-0.3, -0.25) is 4.79 Å². The Kier molecular flexibility index (Phi) is 4.57. The van der Waals surface area contributed by atoms with Crippen molar-refractivity contribution in [1.82, 2.24) is 0 Å². The van der Waals surface area contributed by atoms with E-state index in [1.165, 1.54) is 38.2 Å². The number of aromatic carboxylic acids is 1. The molecule has 1 aromatic rings. The van der Waals surface area contributed by atoms with Crippen LogP contribution in [-0.4, -0.2) is 37.3 Å². The van der Waals surface area contributed by atoms with Gasteiger partial charge in [0.1, 0.15) is 17.9 Å². The third kappa shape index (κ3) is 3.96. The van der Waals surface area contributed by atoms with E-state index in [9.17, 15) is 9.59 Å². The zero-order chi connectivity index (χ0) is 14.5. The Labute approximate surface area is 116 Å². The van der Waals surface area contributed by atoms with Gasteiger partial charge < -0.3 is 19.9 Å². The number of methoxy groups -OCH3 is 1. The van der Waals surface area contributed by atoms with Gasteiger partial charge in [-0.1, -0.05) is 0 Å². The summed E-state index contributed by atoms with van der Waals surface area (Å²) >= 11 is 0. The fourth-order valence-electron chi connectivity index (χ4n) is 1.75. The number of carboxylic acids is 1. The normalized spacial score (nSPS) is 13.8. The minimum absolute atomic E-state index is 0.000499. The number of benzene rings is 1. The molecule has 1 aliphatic rings. The molecule has 0 unspecified atom stereocenters. The van der Waals surface area contributed by atoms with E-state index in [2.05, 4.69) is 5.32 Å². The maximum Gasteiger partial charge on any atom is 0.339 e. The number of carbonyl (C=O) groups is 2. The molecule has 6 heteroatoms. The largest absolute Gasteiger partial charge is 0.496 e. The topological polar surface area (TPSA) is 84.9 Å². The second-order valence-corrected chi connectivity index (χ2v) is 4.73. The highest BCUT2D eigenvalue weighted by Crippen LogP contribution is 2.28. The number of hydrogen-bond acceptors (Lipinski definition) is 4. The maximum absolute atomic E-state index is 11.6. The van der Waals surface area contributed by atoms with Gasteiger partial charge in [-0.15, -0.1) is 0 Å². The quantitative estimate of drug-likeness (QED) is 0.794. The first-order chi connectivity index (χ1) is 9.60. The summed E-state index contributed by atoms with van der Waals surface area (Å²) in [5.74, 6) is -0.532. The number of anilines is 1. The van der Waals surface area contributed by atoms with Crippen LogP contribution in [0.25, 0.3) is 0 Å². The van der Waals surface area contributed by atoms with Crippen molar-refractivity contribution in [3.05, 3.63) is 23.8 Å². The summed E-state index contributed by atoms with van der Waals surface area (Å²) in [4.78, 5) is 22.6. The molecular weight excluding hydrogens is 262 g/mol. The third-order valence-electron chi connectivity index (χ3n) is 3.00. The number of carbonyl (C=O) groups excluding carboxylic acids is 1. The maximum atomic E-state index is 11.6. The first kappa shape index (κ1) is 14.3. The van der Waals surface area contributed by atoms with Crippen LogP contribution in [0.15, 0.2) is 18.2 Å². The summed E-state index contributed by atoms with van der Waals surface area (Å²) in [7, 11) is 1.38. The van der Waals surface area contributed by atoms with Gasteiger partial charge in [-0.2, -0.15) is 0 Å². The highest BCUT2D eigenvalue weighted by atomic mass is 16.5. The molecule has 0 saturated heterocycles. The Morgan fingerprint density at radius 2 is 2.15 bits per heavy atom. The summed E-state index contributed by atoms with van der Waals surface area (Å²) in [5, 5.41) is 11.6. The lowest BCUT2D eigenvalue weighted by Crippen LogP contribution is -2.19. The average Bonchev–Trinajstić information content (AvgIpc) is 3.22. The second-order valence-electron chi connectivity index (χ2n) is 4.73. The molecule has 0 aliphatic heterocycles. The first-order valence-corrected chi connectivity index (χ1v) is 6.39. The summed E-state index contributed by atoms with van der Waals surface area (Å²) in [6.45, 7) is 0.619. The van der Waals surface area contributed by atoms with Gasteiger partial charge in [0.2, 0.25) is 5.91 Å². The SMILES string of the molecule is COc1cc(NC(=O)COCC2CC2)ccc1C(=O)O. The molecule has 1 amide bonds. The summed E-state index contributed by atoms with van der Waals surface area (Å²) in [5.41, 5.74) is 0.530. The average molecular weight is 279 g/mol. The first-order valence-electron chi connectivity index (χ1n) is 6.39. The standard InChI is InChI=1S/C14H17NO5/c1-19-12-6-10(4-5-11(12)14(17)18)15-13(16)8-20-7-9-2-3-9/h4-6,9H,2-3,7-8H2,1H3,(H,15,16)(H,17,18). The number of hydrogen-bond donors (Lipinski definition) is 2. The van der Waals surface area contributed by atoms with Crippen LogP contribution >= 0.6 is 0 Å². The molecule has 0 spiro atoms. The molecule has 0 bridgehead atoms. The molecule has 0 heterocycles. The lowest BCUT2D eigenvalue weighted by atomic mass is 10.2. The van der Waals surface area contributed by atoms with Crippen molar-refractivity contribution in [2.75, 3.05) is 25.6 Å². The number of nitrogens with one attached hydrogen (secondary N) is 1. The number of amides is 1. The van der Waals surface area contributed by atoms with Crippen molar-refractivity contribution in [3.63, 3.8) is 0 Å². The Morgan fingerprint density at radius 1 is 1.40 bits per heavy atom. The van der Waals surface area contributed by atoms with Crippen molar-refractivity contribution in [2.45, 2.75) is 12.8 Å². The van der Waals surface area contributed by atoms with E-state index in [1.54, 1.807) is 0 Å². The van der Waals surface area contributed by atoms with Crippen molar-refractivity contribution in [1.29, 1.82) is 0 Å². The van der Waals surface area contributed by atoms with Crippen LogP contribution in [-0.2, 0) is 9.53 Å². The Hall–Kier alpha value is -2.08. The molecule has 1 aliphatic carbocycles. The number of ether oxygens (including phenoxy) is 2. The molecule has 2 rings (SSSR count). The number of rotatable bonds is 7. The monoisotopic (exact) mass is 279 g/mol. The predicted molar refractivity (Wildman–Crippen MR) is 72.1 cm³/mol. The highest BCUT2D eigenvalue weighted by molar-refractivity contribution is 5.95. The van der Waals surface area contributed by atoms with Crippen LogP contribution in [0.3, 0.4) is 0 Å². The highest BCUT2D eigenvalue weighted by Gasteiger charge is 2.21. The van der Waals surface area contributed by atoms with Gasteiger partial charge in [0.15, 0.2) is 0 Å². The molecule has 2 N–H and O–H groups in total. The van der Waals surface area contributed by atoms with Crippen molar-refractivity contribution < 1.29 is 24.2 Å². The van der Waals surface area contributed by atoms with Gasteiger partial charge in [-0.25, -0.2) is 4.79 Å². The van der Waals surface area contributed by atoms with Gasteiger partial charge >= 0.3 is 5.97 Å². The minimum Gasteiger partial charge on any atom is -0.496 e. The van der Waals surface area contributed by atoms with E-state index < -0.39 is 5.97 Å². The molecule has 0 aromatic heterocycles. The van der Waals surface area contributed by atoms with E-state index in [4.69, 9.17) is 14.6 Å². The van der Waals surface area contributed by atoms with E-state index in [0.29, 0.717) is 18.2 Å². The van der Waals surface area contributed by atoms with Gasteiger partial charge in [-0.05, 0) is 30.9 Å². The molecule has 1 fully saturated rings. The zero-order valence-electron chi connectivity index (χ0n) is 11.2. The third-order valence-corrected chi connectivity index (χ3v) is 3.00. The number of carboxylic acid groups (broad SMARTS) is 1. The van der Waals surface area contributed by atoms with Crippen LogP contribution < -0.4 is 10.1 Å². The second kappa shape index (κ2) is 6.38. The van der Waals surface area contributed by atoms with E-state index in [-0.39, 0.29) is 23.8 Å². The van der Waals surface area contributed by atoms with Gasteiger partial charge in [0.05, 0.1) is 13.7 Å². The lowest BCUT2D eigenvalue weighted by molar-refractivity contribution is -0.120. The van der Waals surface area contributed by atoms with Crippen molar-refractivity contribution in [2.24, 2.45) is 5.92 Å². The van der Waals surface area contributed by atoms with Crippen LogP contribution in [0.2, 0.25) is 0 Å². The molecule has 1 aromatic carbocycles. The fraction of sp³-hybridized carbons (Fsp3) is 0.429. The molecule has 108 valence electrons. The molecule has 0 radical (unpaired) electrons. The molecule has 0 atom stereocenters. The molecule has 6 nitrogen and oxygen atoms in total. The summed E-state index contributed by atoms with van der Waals surface area (Å²) in [6, 6.07) is 4.38. The summed E-state index contributed by atoms with van der Waals surface area (Å²) in [6.07, 6.45) is 2.35. The van der Waals surface area contributed by atoms with E-state index >= 15 is 0 Å². The zero-order valence-corrected chi connectivity index (χ0v) is 11.2. The van der Waals surface area contributed by atoms with Crippen molar-refractivity contribution >= 4 is 17.6 Å². The van der Waals surface area contributed by atoms with Crippen LogP contribution in [0, 0.1) is 5.92 Å². The minimum atomic E-state index is -1.08. The smallest absolute Gasteiger partial charge is 0.339 e. The van der Waals surface area contributed by atoms with E-state index in [1.807, 2.05) is 0 Å². The Balaban J connectivity index is 1.90. The molecule has 20 heavy (non-hydrogen) atoms. The van der Waals surface area contributed by atoms with Gasteiger partial charge in [0, 0.05) is 11.8 Å². The predicted octanol–water partition coefficient (Wildman–Crippen LogP) is 1.76. The van der Waals surface area contributed by atoms with E-state index in [0.717, 1.165) is 0 Å². The fourth-order valence-corrected chi connectivity index (χ4v) is 1.75. The van der Waals surface area contributed by atoms with Crippen molar-refractivity contribution in [3.8, 4) is 5.75 Å². The van der Waals surface area contributed by atoms with Crippen LogP contribution in [0.1, 0.15) is 23.2 Å². The Morgan fingerprint density at radius 3 is 2.75 bits per heavy atom. The molecular formula is C14H17NO5. The lowest BCUT2D eigenvalue weighted by Gasteiger charge is -2.09. The molecule has 1 saturated carbocycles. The summed E-state index contributed by atoms with van der Waals surface area (Å²) < 4.78 is 10.3. The van der Waals surface area contributed by atoms with Crippen LogP contribution in [0.5, 0.6) is 5.75 Å².